The van der Waals surface area contributed by atoms with Crippen LogP contribution in [0.5, 0.6) is 11.5 Å². The van der Waals surface area contributed by atoms with E-state index in [0.29, 0.717) is 18.8 Å². The van der Waals surface area contributed by atoms with E-state index in [4.69, 9.17) is 9.47 Å². The highest BCUT2D eigenvalue weighted by Gasteiger charge is 2.00. The molecule has 6 heteroatoms. The van der Waals surface area contributed by atoms with Gasteiger partial charge in [-0.05, 0) is 48.5 Å². The lowest BCUT2D eigenvalue weighted by Crippen LogP contribution is -2.12. The fraction of sp³-hybridized carbons (Fsp3) is 0.235. The summed E-state index contributed by atoms with van der Waals surface area (Å²) in [6.07, 6.45) is -0.487. The van der Waals surface area contributed by atoms with E-state index in [1.165, 1.54) is 7.11 Å². The van der Waals surface area contributed by atoms with Crippen molar-refractivity contribution in [3.8, 4) is 11.5 Å². The molecule has 2 N–H and O–H groups in total. The number of rotatable bonds is 7. The molecule has 6 nitrogen and oxygen atoms in total. The van der Waals surface area contributed by atoms with E-state index in [-0.39, 0.29) is 0 Å². The van der Waals surface area contributed by atoms with Crippen molar-refractivity contribution < 1.29 is 19.0 Å². The van der Waals surface area contributed by atoms with Crippen LogP contribution in [0.2, 0.25) is 0 Å². The van der Waals surface area contributed by atoms with Crippen LogP contribution >= 0.6 is 0 Å². The zero-order valence-corrected chi connectivity index (χ0v) is 13.2. The minimum absolute atomic E-state index is 0.487. The molecule has 0 aliphatic heterocycles. The molecule has 0 bridgehead atoms. The maximum atomic E-state index is 11.1. The molecular formula is C17H20N2O4. The number of hydrogen-bond acceptors (Lipinski definition) is 5. The zero-order valence-electron chi connectivity index (χ0n) is 13.2. The number of carbonyl (C=O) groups excluding carboxylic acids is 1. The van der Waals surface area contributed by atoms with E-state index in [1.54, 1.807) is 19.2 Å². The van der Waals surface area contributed by atoms with Gasteiger partial charge < -0.3 is 19.5 Å². The summed E-state index contributed by atoms with van der Waals surface area (Å²) in [4.78, 5) is 11.1. The van der Waals surface area contributed by atoms with Gasteiger partial charge >= 0.3 is 6.09 Å². The Hall–Kier alpha value is -2.89. The van der Waals surface area contributed by atoms with Crippen molar-refractivity contribution in [1.29, 1.82) is 0 Å². The number of carbonyl (C=O) groups is 1. The van der Waals surface area contributed by atoms with Crippen LogP contribution in [0.1, 0.15) is 0 Å². The van der Waals surface area contributed by atoms with Crippen LogP contribution in [0.3, 0.4) is 0 Å². The molecule has 2 rings (SSSR count). The maximum Gasteiger partial charge on any atom is 0.411 e. The summed E-state index contributed by atoms with van der Waals surface area (Å²) in [5.74, 6) is 1.60. The van der Waals surface area contributed by atoms with Crippen LogP contribution in [0, 0.1) is 0 Å². The van der Waals surface area contributed by atoms with E-state index >= 15 is 0 Å². The Labute approximate surface area is 135 Å². The normalized spacial score (nSPS) is 9.83. The van der Waals surface area contributed by atoms with E-state index in [1.807, 2.05) is 36.4 Å². The van der Waals surface area contributed by atoms with E-state index < -0.39 is 6.09 Å². The van der Waals surface area contributed by atoms with E-state index in [0.717, 1.165) is 17.2 Å². The minimum atomic E-state index is -0.487. The Balaban J connectivity index is 1.72. The maximum absolute atomic E-state index is 11.1. The van der Waals surface area contributed by atoms with Crippen molar-refractivity contribution in [2.45, 2.75) is 0 Å². The van der Waals surface area contributed by atoms with Gasteiger partial charge in [-0.1, -0.05) is 0 Å². The molecule has 0 aliphatic carbocycles. The van der Waals surface area contributed by atoms with Gasteiger partial charge in [0.1, 0.15) is 18.1 Å². The quantitative estimate of drug-likeness (QED) is 0.767. The summed E-state index contributed by atoms with van der Waals surface area (Å²) in [5.41, 5.74) is 1.62. The van der Waals surface area contributed by atoms with E-state index in [9.17, 15) is 4.79 Å². The topological polar surface area (TPSA) is 68.8 Å². The molecule has 0 saturated heterocycles. The summed E-state index contributed by atoms with van der Waals surface area (Å²) >= 11 is 0. The smallest absolute Gasteiger partial charge is 0.411 e. The van der Waals surface area contributed by atoms with Crippen LogP contribution in [0.4, 0.5) is 16.2 Å². The molecule has 0 aromatic heterocycles. The molecule has 0 atom stereocenters. The molecule has 2 aromatic carbocycles. The number of amides is 1. The number of methoxy groups -OCH3 is 2. The molecular weight excluding hydrogens is 296 g/mol. The van der Waals surface area contributed by atoms with Crippen molar-refractivity contribution in [3.05, 3.63) is 48.5 Å². The SMILES string of the molecule is COC(=O)Nc1ccc(NCCOc2ccc(OC)cc2)cc1. The fourth-order valence-electron chi connectivity index (χ4n) is 1.88. The van der Waals surface area contributed by atoms with Gasteiger partial charge in [-0.3, -0.25) is 5.32 Å². The van der Waals surface area contributed by atoms with Crippen molar-refractivity contribution in [1.82, 2.24) is 0 Å². The van der Waals surface area contributed by atoms with Gasteiger partial charge in [0, 0.05) is 17.9 Å². The van der Waals surface area contributed by atoms with Gasteiger partial charge in [0.15, 0.2) is 0 Å². The highest BCUT2D eigenvalue weighted by atomic mass is 16.5. The first-order valence-corrected chi connectivity index (χ1v) is 7.17. The molecule has 2 aromatic rings. The van der Waals surface area contributed by atoms with Crippen LogP contribution in [-0.2, 0) is 4.74 Å². The highest BCUT2D eigenvalue weighted by Crippen LogP contribution is 2.17. The first-order chi connectivity index (χ1) is 11.2. The number of nitrogens with one attached hydrogen (secondary N) is 2. The second-order valence-electron chi connectivity index (χ2n) is 4.64. The second kappa shape index (κ2) is 8.53. The number of anilines is 2. The Morgan fingerprint density at radius 1 is 0.913 bits per heavy atom. The lowest BCUT2D eigenvalue weighted by atomic mass is 10.3. The second-order valence-corrected chi connectivity index (χ2v) is 4.64. The number of benzene rings is 2. The third-order valence-electron chi connectivity index (χ3n) is 3.08. The Kier molecular flexibility index (Phi) is 6.11. The predicted octanol–water partition coefficient (Wildman–Crippen LogP) is 3.36. The lowest BCUT2D eigenvalue weighted by molar-refractivity contribution is 0.187. The first kappa shape index (κ1) is 16.5. The largest absolute Gasteiger partial charge is 0.497 e. The minimum Gasteiger partial charge on any atom is -0.497 e. The Morgan fingerprint density at radius 2 is 1.52 bits per heavy atom. The van der Waals surface area contributed by atoms with Gasteiger partial charge in [0.25, 0.3) is 0 Å². The van der Waals surface area contributed by atoms with Crippen LogP contribution in [0.15, 0.2) is 48.5 Å². The molecule has 1 amide bonds. The standard InChI is InChI=1S/C17H20N2O4/c1-21-15-7-9-16(10-8-15)23-12-11-18-13-3-5-14(6-4-13)19-17(20)22-2/h3-10,18H,11-12H2,1-2H3,(H,19,20). The van der Waals surface area contributed by atoms with Gasteiger partial charge in [-0.15, -0.1) is 0 Å². The summed E-state index contributed by atoms with van der Waals surface area (Å²) in [6.45, 7) is 1.20. The number of ether oxygens (including phenoxy) is 3. The summed E-state index contributed by atoms with van der Waals surface area (Å²) < 4.78 is 15.2. The van der Waals surface area contributed by atoms with Gasteiger partial charge in [-0.25, -0.2) is 4.79 Å². The third-order valence-corrected chi connectivity index (χ3v) is 3.08. The lowest BCUT2D eigenvalue weighted by Gasteiger charge is -2.10. The van der Waals surface area contributed by atoms with Crippen molar-refractivity contribution in [2.75, 3.05) is 38.0 Å². The molecule has 0 radical (unpaired) electrons. The molecule has 0 saturated carbocycles. The molecule has 23 heavy (non-hydrogen) atoms. The summed E-state index contributed by atoms with van der Waals surface area (Å²) in [5, 5.41) is 5.83. The monoisotopic (exact) mass is 316 g/mol. The fourth-order valence-corrected chi connectivity index (χ4v) is 1.88. The number of hydrogen-bond donors (Lipinski definition) is 2. The summed E-state index contributed by atoms with van der Waals surface area (Å²) in [7, 11) is 2.96. The average molecular weight is 316 g/mol. The zero-order chi connectivity index (χ0) is 16.5. The van der Waals surface area contributed by atoms with Gasteiger partial charge in [0.05, 0.1) is 14.2 Å². The molecule has 0 unspecified atom stereocenters. The highest BCUT2D eigenvalue weighted by molar-refractivity contribution is 5.84. The molecule has 0 aliphatic rings. The first-order valence-electron chi connectivity index (χ1n) is 7.17. The van der Waals surface area contributed by atoms with Gasteiger partial charge in [-0.2, -0.15) is 0 Å². The van der Waals surface area contributed by atoms with Crippen molar-refractivity contribution in [2.24, 2.45) is 0 Å². The van der Waals surface area contributed by atoms with Crippen LogP contribution in [-0.4, -0.2) is 33.5 Å². The Morgan fingerprint density at radius 3 is 2.13 bits per heavy atom. The molecule has 122 valence electrons. The Bertz CT molecular complexity index is 611. The van der Waals surface area contributed by atoms with Crippen LogP contribution in [0.25, 0.3) is 0 Å². The predicted molar refractivity (Wildman–Crippen MR) is 89.4 cm³/mol. The van der Waals surface area contributed by atoms with Crippen LogP contribution < -0.4 is 20.1 Å². The van der Waals surface area contributed by atoms with E-state index in [2.05, 4.69) is 15.4 Å². The van der Waals surface area contributed by atoms with Crippen molar-refractivity contribution in [3.63, 3.8) is 0 Å². The molecule has 0 spiro atoms. The average Bonchev–Trinajstić information content (AvgIpc) is 2.60. The van der Waals surface area contributed by atoms with Crippen molar-refractivity contribution >= 4 is 17.5 Å². The summed E-state index contributed by atoms with van der Waals surface area (Å²) in [6, 6.07) is 14.8. The third kappa shape index (κ3) is 5.43. The molecule has 0 fully saturated rings. The molecule has 0 heterocycles. The van der Waals surface area contributed by atoms with Gasteiger partial charge in [0.2, 0.25) is 0 Å².